The molecule has 1 aliphatic rings. The third-order valence-electron chi connectivity index (χ3n) is 3.36. The summed E-state index contributed by atoms with van der Waals surface area (Å²) >= 11 is 17.9. The first kappa shape index (κ1) is 17.3. The molecule has 0 atom stereocenters. The summed E-state index contributed by atoms with van der Waals surface area (Å²) in [7, 11) is 0. The van der Waals surface area contributed by atoms with Crippen LogP contribution in [0.2, 0.25) is 15.1 Å². The SMILES string of the molecule is O=C(OCc1cc(F)cc2c1OCOC2)c1c(Cl)ccc(Cl)c1Cl. The van der Waals surface area contributed by atoms with Gasteiger partial charge in [0.1, 0.15) is 18.2 Å². The molecule has 126 valence electrons. The summed E-state index contributed by atoms with van der Waals surface area (Å²) in [6.45, 7) is 0.0591. The van der Waals surface area contributed by atoms with Gasteiger partial charge in [-0.15, -0.1) is 0 Å². The number of esters is 1. The van der Waals surface area contributed by atoms with E-state index in [0.717, 1.165) is 0 Å². The van der Waals surface area contributed by atoms with Crippen molar-refractivity contribution in [3.63, 3.8) is 0 Å². The number of ether oxygens (including phenoxy) is 3. The highest BCUT2D eigenvalue weighted by Gasteiger charge is 2.21. The minimum Gasteiger partial charge on any atom is -0.467 e. The van der Waals surface area contributed by atoms with Crippen LogP contribution in [0.3, 0.4) is 0 Å². The first-order valence-corrected chi connectivity index (χ1v) is 7.93. The summed E-state index contributed by atoms with van der Waals surface area (Å²) in [6.07, 6.45) is 0. The number of hydrogen-bond donors (Lipinski definition) is 0. The Kier molecular flexibility index (Phi) is 5.15. The van der Waals surface area contributed by atoms with E-state index in [0.29, 0.717) is 16.9 Å². The molecule has 3 rings (SSSR count). The molecule has 0 saturated carbocycles. The van der Waals surface area contributed by atoms with Crippen LogP contribution in [0.25, 0.3) is 0 Å². The second-order valence-electron chi connectivity index (χ2n) is 4.96. The monoisotopic (exact) mass is 390 g/mol. The molecule has 0 saturated heterocycles. The van der Waals surface area contributed by atoms with Crippen LogP contribution in [0.1, 0.15) is 21.5 Å². The fourth-order valence-corrected chi connectivity index (χ4v) is 2.98. The molecule has 2 aromatic rings. The highest BCUT2D eigenvalue weighted by atomic mass is 35.5. The predicted octanol–water partition coefficient (Wildman–Crippen LogP) is 5.01. The molecule has 0 aromatic heterocycles. The van der Waals surface area contributed by atoms with E-state index in [-0.39, 0.29) is 40.6 Å². The van der Waals surface area contributed by atoms with Crippen molar-refractivity contribution in [2.75, 3.05) is 6.79 Å². The third kappa shape index (κ3) is 3.44. The number of rotatable bonds is 3. The van der Waals surface area contributed by atoms with Gasteiger partial charge in [-0.2, -0.15) is 0 Å². The van der Waals surface area contributed by atoms with Crippen LogP contribution in [0.15, 0.2) is 24.3 Å². The molecule has 4 nitrogen and oxygen atoms in total. The van der Waals surface area contributed by atoms with Crippen LogP contribution in [-0.2, 0) is 22.7 Å². The summed E-state index contributed by atoms with van der Waals surface area (Å²) in [6, 6.07) is 5.46. The minimum absolute atomic E-state index is 0.0000813. The summed E-state index contributed by atoms with van der Waals surface area (Å²) in [5.41, 5.74) is 0.891. The van der Waals surface area contributed by atoms with Gasteiger partial charge in [0.2, 0.25) is 0 Å². The maximum absolute atomic E-state index is 13.7. The molecule has 24 heavy (non-hydrogen) atoms. The van der Waals surface area contributed by atoms with E-state index < -0.39 is 11.8 Å². The maximum atomic E-state index is 13.7. The van der Waals surface area contributed by atoms with Crippen molar-refractivity contribution in [1.82, 2.24) is 0 Å². The Bertz CT molecular complexity index is 810. The van der Waals surface area contributed by atoms with Gasteiger partial charge in [0.15, 0.2) is 6.79 Å². The average Bonchev–Trinajstić information content (AvgIpc) is 2.56. The maximum Gasteiger partial charge on any atom is 0.341 e. The van der Waals surface area contributed by atoms with Gasteiger partial charge in [-0.25, -0.2) is 9.18 Å². The van der Waals surface area contributed by atoms with E-state index in [2.05, 4.69) is 0 Å². The van der Waals surface area contributed by atoms with Crippen LogP contribution >= 0.6 is 34.8 Å². The normalized spacial score (nSPS) is 13.2. The Labute approximate surface area is 152 Å². The van der Waals surface area contributed by atoms with Gasteiger partial charge in [0.25, 0.3) is 0 Å². The van der Waals surface area contributed by atoms with Crippen LogP contribution in [-0.4, -0.2) is 12.8 Å². The van der Waals surface area contributed by atoms with E-state index >= 15 is 0 Å². The molecule has 0 spiro atoms. The Balaban J connectivity index is 1.83. The van der Waals surface area contributed by atoms with Crippen molar-refractivity contribution in [2.45, 2.75) is 13.2 Å². The fraction of sp³-hybridized carbons (Fsp3) is 0.188. The summed E-state index contributed by atoms with van der Waals surface area (Å²) < 4.78 is 29.3. The Morgan fingerprint density at radius 2 is 1.96 bits per heavy atom. The molecule has 0 unspecified atom stereocenters. The Hall–Kier alpha value is -1.53. The molecule has 1 heterocycles. The summed E-state index contributed by atoms with van der Waals surface area (Å²) in [5, 5.41) is 0.289. The van der Waals surface area contributed by atoms with Gasteiger partial charge < -0.3 is 14.2 Å². The van der Waals surface area contributed by atoms with E-state index in [4.69, 9.17) is 49.0 Å². The fourth-order valence-electron chi connectivity index (χ4n) is 2.29. The molecular formula is C16H10Cl3FO4. The smallest absolute Gasteiger partial charge is 0.341 e. The molecule has 0 N–H and O–H groups in total. The summed E-state index contributed by atoms with van der Waals surface area (Å²) in [5.74, 6) is -0.802. The van der Waals surface area contributed by atoms with Crippen molar-refractivity contribution < 1.29 is 23.4 Å². The quantitative estimate of drug-likeness (QED) is 0.545. The third-order valence-corrected chi connectivity index (χ3v) is 4.48. The van der Waals surface area contributed by atoms with Crippen LogP contribution < -0.4 is 4.74 Å². The Morgan fingerprint density at radius 1 is 1.21 bits per heavy atom. The lowest BCUT2D eigenvalue weighted by Crippen LogP contribution is -2.15. The number of halogens is 4. The molecule has 0 fully saturated rings. The van der Waals surface area contributed by atoms with Crippen molar-refractivity contribution in [1.29, 1.82) is 0 Å². The predicted molar refractivity (Wildman–Crippen MR) is 87.3 cm³/mol. The van der Waals surface area contributed by atoms with E-state index in [9.17, 15) is 9.18 Å². The zero-order chi connectivity index (χ0) is 17.3. The topological polar surface area (TPSA) is 44.8 Å². The van der Waals surface area contributed by atoms with Gasteiger partial charge in [0.05, 0.1) is 27.2 Å². The highest BCUT2D eigenvalue weighted by Crippen LogP contribution is 2.33. The van der Waals surface area contributed by atoms with Gasteiger partial charge in [-0.1, -0.05) is 34.8 Å². The number of benzene rings is 2. The second-order valence-corrected chi connectivity index (χ2v) is 6.15. The lowest BCUT2D eigenvalue weighted by atomic mass is 10.1. The zero-order valence-electron chi connectivity index (χ0n) is 12.1. The molecule has 1 aliphatic heterocycles. The molecular weight excluding hydrogens is 382 g/mol. The van der Waals surface area contributed by atoms with Gasteiger partial charge in [-0.05, 0) is 24.3 Å². The van der Waals surface area contributed by atoms with Gasteiger partial charge in [0, 0.05) is 11.1 Å². The molecule has 2 aromatic carbocycles. The molecule has 0 aliphatic carbocycles. The zero-order valence-corrected chi connectivity index (χ0v) is 14.3. The van der Waals surface area contributed by atoms with Gasteiger partial charge in [-0.3, -0.25) is 0 Å². The number of carbonyl (C=O) groups excluding carboxylic acids is 1. The lowest BCUT2D eigenvalue weighted by molar-refractivity contribution is -0.0182. The highest BCUT2D eigenvalue weighted by molar-refractivity contribution is 6.46. The summed E-state index contributed by atoms with van der Waals surface area (Å²) in [4.78, 5) is 12.3. The van der Waals surface area contributed by atoms with Crippen LogP contribution in [0, 0.1) is 5.82 Å². The Morgan fingerprint density at radius 3 is 2.75 bits per heavy atom. The number of fused-ring (bicyclic) bond motifs is 1. The second kappa shape index (κ2) is 7.15. The average molecular weight is 392 g/mol. The van der Waals surface area contributed by atoms with Gasteiger partial charge >= 0.3 is 5.97 Å². The lowest BCUT2D eigenvalue weighted by Gasteiger charge is -2.20. The van der Waals surface area contributed by atoms with Crippen molar-refractivity contribution in [3.05, 3.63) is 61.8 Å². The van der Waals surface area contributed by atoms with Crippen molar-refractivity contribution >= 4 is 40.8 Å². The first-order chi connectivity index (χ1) is 11.5. The standard InChI is InChI=1S/C16H10Cl3FO4/c17-11-1-2-12(18)14(19)13(11)16(21)23-6-9-4-10(20)3-8-5-22-7-24-15(8)9/h1-4H,5-7H2. The van der Waals surface area contributed by atoms with Crippen LogP contribution in [0.4, 0.5) is 4.39 Å². The van der Waals surface area contributed by atoms with Crippen LogP contribution in [0.5, 0.6) is 5.75 Å². The van der Waals surface area contributed by atoms with E-state index in [1.807, 2.05) is 0 Å². The first-order valence-electron chi connectivity index (χ1n) is 6.80. The number of hydrogen-bond acceptors (Lipinski definition) is 4. The van der Waals surface area contributed by atoms with E-state index in [1.165, 1.54) is 24.3 Å². The van der Waals surface area contributed by atoms with E-state index in [1.54, 1.807) is 0 Å². The van der Waals surface area contributed by atoms with Crippen molar-refractivity contribution in [3.8, 4) is 5.75 Å². The molecule has 0 amide bonds. The molecule has 0 bridgehead atoms. The minimum atomic E-state index is -0.766. The van der Waals surface area contributed by atoms with Crippen molar-refractivity contribution in [2.24, 2.45) is 0 Å². The number of carbonyl (C=O) groups is 1. The molecule has 0 radical (unpaired) electrons. The molecule has 8 heteroatoms. The largest absolute Gasteiger partial charge is 0.467 e.